The molecule has 0 saturated carbocycles. The van der Waals surface area contributed by atoms with Crippen molar-refractivity contribution in [3.05, 3.63) is 18.0 Å². The molecule has 0 aliphatic heterocycles. The molecule has 0 saturated heterocycles. The molecule has 1 N–H and O–H groups in total. The molecule has 0 atom stereocenters. The molecule has 3 nitrogen and oxygen atoms in total. The monoisotopic (exact) mass is 169 g/mol. The molecule has 0 spiro atoms. The van der Waals surface area contributed by atoms with E-state index >= 15 is 0 Å². The van der Waals surface area contributed by atoms with Crippen molar-refractivity contribution in [3.8, 4) is 0 Å². The van der Waals surface area contributed by atoms with Crippen LogP contribution in [0.5, 0.6) is 0 Å². The normalized spacial score (nSPS) is 9.42. The van der Waals surface area contributed by atoms with E-state index in [0.717, 1.165) is 13.0 Å². The highest BCUT2D eigenvalue weighted by atomic mass is 15.1. The first-order valence-electron chi connectivity index (χ1n) is 4.42. The van der Waals surface area contributed by atoms with Gasteiger partial charge >= 0.3 is 0 Å². The van der Waals surface area contributed by atoms with E-state index in [4.69, 9.17) is 0 Å². The second-order valence-electron chi connectivity index (χ2n) is 2.64. The highest BCUT2D eigenvalue weighted by Crippen LogP contribution is 1.92. The molecule has 0 fully saturated rings. The number of aromatic amines is 1. The average molecular weight is 169 g/mol. The Balaban J connectivity index is 0.000000561. The summed E-state index contributed by atoms with van der Waals surface area (Å²) < 4.78 is 0. The van der Waals surface area contributed by atoms with Crippen LogP contribution in [0.4, 0.5) is 0 Å². The van der Waals surface area contributed by atoms with Crippen LogP contribution in [0.2, 0.25) is 0 Å². The van der Waals surface area contributed by atoms with Gasteiger partial charge < -0.3 is 4.90 Å². The van der Waals surface area contributed by atoms with Gasteiger partial charge in [-0.05, 0) is 20.2 Å². The van der Waals surface area contributed by atoms with Gasteiger partial charge in [-0.15, -0.1) is 0 Å². The summed E-state index contributed by atoms with van der Waals surface area (Å²) in [6.07, 6.45) is 2.83. The summed E-state index contributed by atoms with van der Waals surface area (Å²) in [4.78, 5) is 2.15. The van der Waals surface area contributed by atoms with Gasteiger partial charge in [0.15, 0.2) is 0 Å². The lowest BCUT2D eigenvalue weighted by atomic mass is 10.3. The highest BCUT2D eigenvalue weighted by Gasteiger charge is 1.93. The molecule has 1 aromatic heterocycles. The molecule has 0 unspecified atom stereocenters. The minimum atomic E-state index is 1.05. The second kappa shape index (κ2) is 6.85. The molecule has 3 heteroatoms. The summed E-state index contributed by atoms with van der Waals surface area (Å²) in [5.41, 5.74) is 1.20. The van der Waals surface area contributed by atoms with Crippen LogP contribution in [0.3, 0.4) is 0 Å². The van der Waals surface area contributed by atoms with Crippen LogP contribution in [0.15, 0.2) is 12.3 Å². The smallest absolute Gasteiger partial charge is 0.0490 e. The first kappa shape index (κ1) is 11.2. The van der Waals surface area contributed by atoms with Crippen molar-refractivity contribution in [2.24, 2.45) is 0 Å². The lowest BCUT2D eigenvalue weighted by Crippen LogP contribution is -2.15. The Kier molecular flexibility index (Phi) is 6.38. The Labute approximate surface area is 74.8 Å². The minimum absolute atomic E-state index is 1.05. The standard InChI is InChI=1S/C7H13N3.C2H6/c1-10(2)6-4-7-3-5-8-9-7;1-2/h3,5H,4,6H2,1-2H3,(H,8,9);1-2H3. The fourth-order valence-corrected chi connectivity index (χ4v) is 0.768. The van der Waals surface area contributed by atoms with Gasteiger partial charge in [0.2, 0.25) is 0 Å². The number of hydrogen-bond donors (Lipinski definition) is 1. The molecule has 12 heavy (non-hydrogen) atoms. The summed E-state index contributed by atoms with van der Waals surface area (Å²) in [6.45, 7) is 5.07. The molecule has 70 valence electrons. The van der Waals surface area contributed by atoms with Crippen molar-refractivity contribution in [3.63, 3.8) is 0 Å². The number of aromatic nitrogens is 2. The van der Waals surface area contributed by atoms with Crippen LogP contribution >= 0.6 is 0 Å². The molecule has 0 aliphatic carbocycles. The van der Waals surface area contributed by atoms with Crippen LogP contribution in [-0.4, -0.2) is 35.7 Å². The quantitative estimate of drug-likeness (QED) is 0.744. The number of likely N-dealkylation sites (N-methyl/N-ethyl adjacent to an activating group) is 1. The number of H-pyrrole nitrogens is 1. The Hall–Kier alpha value is -0.830. The van der Waals surface area contributed by atoms with Crippen LogP contribution in [0, 0.1) is 0 Å². The van der Waals surface area contributed by atoms with Crippen molar-refractivity contribution in [1.82, 2.24) is 15.1 Å². The molecule has 0 radical (unpaired) electrons. The van der Waals surface area contributed by atoms with Crippen molar-refractivity contribution >= 4 is 0 Å². The van der Waals surface area contributed by atoms with Crippen molar-refractivity contribution in [2.75, 3.05) is 20.6 Å². The highest BCUT2D eigenvalue weighted by molar-refractivity contribution is 4.97. The van der Waals surface area contributed by atoms with E-state index < -0.39 is 0 Å². The molecule has 1 aromatic rings. The van der Waals surface area contributed by atoms with E-state index in [1.165, 1.54) is 5.69 Å². The molecular weight excluding hydrogens is 150 g/mol. The average Bonchev–Trinajstić information content (AvgIpc) is 2.56. The third-order valence-electron chi connectivity index (χ3n) is 1.39. The van der Waals surface area contributed by atoms with E-state index in [1.807, 2.05) is 19.9 Å². The molecule has 1 rings (SSSR count). The predicted molar refractivity (Wildman–Crippen MR) is 52.2 cm³/mol. The first-order chi connectivity index (χ1) is 5.79. The van der Waals surface area contributed by atoms with Gasteiger partial charge in [0.05, 0.1) is 0 Å². The molecule has 1 heterocycles. The van der Waals surface area contributed by atoms with Gasteiger partial charge in [0.1, 0.15) is 0 Å². The summed E-state index contributed by atoms with van der Waals surface area (Å²) in [6, 6.07) is 2.00. The number of rotatable bonds is 3. The Morgan fingerprint density at radius 3 is 2.50 bits per heavy atom. The van der Waals surface area contributed by atoms with Crippen molar-refractivity contribution < 1.29 is 0 Å². The second-order valence-corrected chi connectivity index (χ2v) is 2.64. The lowest BCUT2D eigenvalue weighted by Gasteiger charge is -2.06. The van der Waals surface area contributed by atoms with Gasteiger partial charge in [-0.25, -0.2) is 0 Å². The fourth-order valence-electron chi connectivity index (χ4n) is 0.768. The summed E-state index contributed by atoms with van der Waals surface area (Å²) in [7, 11) is 4.13. The van der Waals surface area contributed by atoms with Crippen molar-refractivity contribution in [1.29, 1.82) is 0 Å². The zero-order valence-electron chi connectivity index (χ0n) is 8.46. The Bertz CT molecular complexity index is 168. The third kappa shape index (κ3) is 4.91. The van der Waals surface area contributed by atoms with E-state index in [0.29, 0.717) is 0 Å². The van der Waals surface area contributed by atoms with Gasteiger partial charge in [0.25, 0.3) is 0 Å². The summed E-state index contributed by atoms with van der Waals surface area (Å²) in [5, 5.41) is 6.77. The zero-order chi connectivity index (χ0) is 9.40. The SMILES string of the molecule is CC.CN(C)CCc1ccn[nH]1. The van der Waals surface area contributed by atoms with Crippen LogP contribution < -0.4 is 0 Å². The first-order valence-corrected chi connectivity index (χ1v) is 4.42. The largest absolute Gasteiger partial charge is 0.309 e. The maximum Gasteiger partial charge on any atom is 0.0490 e. The van der Waals surface area contributed by atoms with Gasteiger partial charge in [-0.2, -0.15) is 5.10 Å². The molecule has 0 aromatic carbocycles. The summed E-state index contributed by atoms with van der Waals surface area (Å²) >= 11 is 0. The lowest BCUT2D eigenvalue weighted by molar-refractivity contribution is 0.411. The van der Waals surface area contributed by atoms with Gasteiger partial charge in [-0.1, -0.05) is 13.8 Å². The van der Waals surface area contributed by atoms with Gasteiger partial charge in [0, 0.05) is 24.9 Å². The van der Waals surface area contributed by atoms with E-state index in [1.54, 1.807) is 6.20 Å². The summed E-state index contributed by atoms with van der Waals surface area (Å²) in [5.74, 6) is 0. The predicted octanol–water partition coefficient (Wildman–Crippen LogP) is 1.54. The number of nitrogens with one attached hydrogen (secondary N) is 1. The van der Waals surface area contributed by atoms with E-state index in [-0.39, 0.29) is 0 Å². The Morgan fingerprint density at radius 1 is 1.42 bits per heavy atom. The number of nitrogens with zero attached hydrogens (tertiary/aromatic N) is 2. The maximum absolute atomic E-state index is 3.86. The minimum Gasteiger partial charge on any atom is -0.309 e. The van der Waals surface area contributed by atoms with Crippen molar-refractivity contribution in [2.45, 2.75) is 20.3 Å². The molecule has 0 bridgehead atoms. The van der Waals surface area contributed by atoms with E-state index in [9.17, 15) is 0 Å². The van der Waals surface area contributed by atoms with Gasteiger partial charge in [-0.3, -0.25) is 5.10 Å². The topological polar surface area (TPSA) is 31.9 Å². The Morgan fingerprint density at radius 2 is 2.08 bits per heavy atom. The number of hydrogen-bond acceptors (Lipinski definition) is 2. The fraction of sp³-hybridized carbons (Fsp3) is 0.667. The third-order valence-corrected chi connectivity index (χ3v) is 1.39. The maximum atomic E-state index is 3.86. The van der Waals surface area contributed by atoms with Crippen LogP contribution in [0.1, 0.15) is 19.5 Å². The zero-order valence-corrected chi connectivity index (χ0v) is 8.46. The van der Waals surface area contributed by atoms with E-state index in [2.05, 4.69) is 29.2 Å². The van der Waals surface area contributed by atoms with Crippen LogP contribution in [-0.2, 0) is 6.42 Å². The molecule has 0 amide bonds. The molecule has 0 aliphatic rings. The van der Waals surface area contributed by atoms with Crippen LogP contribution in [0.25, 0.3) is 0 Å². The molecular formula is C9H19N3.